The van der Waals surface area contributed by atoms with Crippen molar-refractivity contribution in [3.05, 3.63) is 77.9 Å². The van der Waals surface area contributed by atoms with Gasteiger partial charge in [0.25, 0.3) is 11.7 Å². The monoisotopic (exact) mass is 363 g/mol. The third-order valence-electron chi connectivity index (χ3n) is 4.32. The first-order valence-electron chi connectivity index (χ1n) is 8.94. The second kappa shape index (κ2) is 8.12. The van der Waals surface area contributed by atoms with Gasteiger partial charge in [0.1, 0.15) is 0 Å². The van der Waals surface area contributed by atoms with Gasteiger partial charge in [0.15, 0.2) is 0 Å². The van der Waals surface area contributed by atoms with Crippen LogP contribution in [0.3, 0.4) is 0 Å². The van der Waals surface area contributed by atoms with Crippen LogP contribution in [0.1, 0.15) is 50.0 Å². The fourth-order valence-electron chi connectivity index (χ4n) is 2.74. The number of hydrogen-bond donors (Lipinski definition) is 0. The number of anilines is 1. The smallest absolute Gasteiger partial charge is 0.283 e. The average Bonchev–Trinajstić information content (AvgIpc) is 2.67. The summed E-state index contributed by atoms with van der Waals surface area (Å²) in [5.74, 6) is -2.16. The number of para-hydroxylation sites is 1. The Labute approximate surface area is 160 Å². The highest BCUT2D eigenvalue weighted by molar-refractivity contribution is 6.51. The average molecular weight is 363 g/mol. The second-order valence-electron chi connectivity index (χ2n) is 7.37. The molecule has 0 saturated carbocycles. The molecule has 0 saturated heterocycles. The summed E-state index contributed by atoms with van der Waals surface area (Å²) in [5, 5.41) is 0. The van der Waals surface area contributed by atoms with E-state index in [1.165, 1.54) is 0 Å². The van der Waals surface area contributed by atoms with E-state index in [0.29, 0.717) is 12.1 Å². The molecule has 0 aliphatic rings. The van der Waals surface area contributed by atoms with Gasteiger partial charge in [-0.25, -0.2) is 4.90 Å². The van der Waals surface area contributed by atoms with Gasteiger partial charge in [0.2, 0.25) is 0 Å². The van der Waals surface area contributed by atoms with Crippen molar-refractivity contribution in [3.8, 4) is 0 Å². The number of nitrogens with zero attached hydrogens (tertiary/aromatic N) is 1. The van der Waals surface area contributed by atoms with E-state index >= 15 is 0 Å². The first-order chi connectivity index (χ1) is 12.7. The van der Waals surface area contributed by atoms with Crippen LogP contribution in [-0.4, -0.2) is 17.6 Å². The third kappa shape index (κ3) is 4.40. The molecule has 0 aliphatic carbocycles. The molecule has 140 valence electrons. The van der Waals surface area contributed by atoms with Crippen LogP contribution in [0.25, 0.3) is 0 Å². The number of rotatable bonds is 5. The number of benzene rings is 2. The minimum Gasteiger partial charge on any atom is -0.283 e. The largest absolute Gasteiger partial charge is 0.306 e. The van der Waals surface area contributed by atoms with E-state index in [9.17, 15) is 14.4 Å². The molecule has 0 aliphatic heterocycles. The number of carbonyl (C=O) groups excluding carboxylic acids is 3. The van der Waals surface area contributed by atoms with Crippen LogP contribution in [0.15, 0.2) is 66.7 Å². The predicted octanol–water partition coefficient (Wildman–Crippen LogP) is 4.69. The van der Waals surface area contributed by atoms with Crippen LogP contribution in [0.4, 0.5) is 5.69 Å². The molecule has 0 atom stereocenters. The Balaban J connectivity index is 2.61. The molecule has 0 aromatic heterocycles. The van der Waals surface area contributed by atoms with Gasteiger partial charge in [-0.3, -0.25) is 14.4 Å². The van der Waals surface area contributed by atoms with E-state index in [2.05, 4.69) is 6.58 Å². The van der Waals surface area contributed by atoms with Crippen molar-refractivity contribution in [1.82, 2.24) is 0 Å². The quantitative estimate of drug-likeness (QED) is 0.440. The van der Waals surface area contributed by atoms with Crippen molar-refractivity contribution in [3.63, 3.8) is 0 Å². The minimum absolute atomic E-state index is 0.246. The Kier molecular flexibility index (Phi) is 6.11. The highest BCUT2D eigenvalue weighted by atomic mass is 16.2. The van der Waals surface area contributed by atoms with Crippen molar-refractivity contribution in [2.75, 3.05) is 4.90 Å². The summed E-state index contributed by atoms with van der Waals surface area (Å²) in [4.78, 5) is 39.8. The van der Waals surface area contributed by atoms with Crippen LogP contribution < -0.4 is 4.90 Å². The molecule has 0 fully saturated rings. The molecule has 2 amide bonds. The first kappa shape index (κ1) is 20.3. The maximum Gasteiger partial charge on any atom is 0.306 e. The van der Waals surface area contributed by atoms with Gasteiger partial charge in [-0.05, 0) is 23.5 Å². The Morgan fingerprint density at radius 1 is 0.889 bits per heavy atom. The number of imide groups is 1. The van der Waals surface area contributed by atoms with Gasteiger partial charge in [-0.2, -0.15) is 0 Å². The maximum absolute atomic E-state index is 13.1. The van der Waals surface area contributed by atoms with Crippen LogP contribution in [0, 0.1) is 0 Å². The molecule has 4 nitrogen and oxygen atoms in total. The topological polar surface area (TPSA) is 54.5 Å². The third-order valence-corrected chi connectivity index (χ3v) is 4.32. The summed E-state index contributed by atoms with van der Waals surface area (Å²) in [7, 11) is 0. The van der Waals surface area contributed by atoms with E-state index in [1.54, 1.807) is 49.4 Å². The zero-order chi connectivity index (χ0) is 20.2. The normalized spacial score (nSPS) is 11.0. The molecule has 0 bridgehead atoms. The van der Waals surface area contributed by atoms with Gasteiger partial charge >= 0.3 is 5.91 Å². The molecule has 0 heterocycles. The fraction of sp³-hybridized carbons (Fsp3) is 0.261. The lowest BCUT2D eigenvalue weighted by Gasteiger charge is -2.29. The number of amides is 2. The van der Waals surface area contributed by atoms with Crippen molar-refractivity contribution in [2.24, 2.45) is 0 Å². The Bertz CT molecular complexity index is 876. The molecule has 4 heteroatoms. The molecule has 0 N–H and O–H groups in total. The number of carbonyl (C=O) groups is 3. The van der Waals surface area contributed by atoms with Gasteiger partial charge in [-0.15, -0.1) is 0 Å². The van der Waals surface area contributed by atoms with Gasteiger partial charge in [-0.1, -0.05) is 82.8 Å². The molecule has 0 radical (unpaired) electrons. The fourth-order valence-corrected chi connectivity index (χ4v) is 2.74. The molecular formula is C23H25NO3. The maximum atomic E-state index is 13.1. The summed E-state index contributed by atoms with van der Waals surface area (Å²) >= 11 is 0. The predicted molar refractivity (Wildman–Crippen MR) is 108 cm³/mol. The van der Waals surface area contributed by atoms with E-state index < -0.39 is 17.6 Å². The molecule has 2 aromatic rings. The Morgan fingerprint density at radius 3 is 2.00 bits per heavy atom. The van der Waals surface area contributed by atoms with Crippen molar-refractivity contribution < 1.29 is 14.4 Å². The Hall–Kier alpha value is -3.01. The Morgan fingerprint density at radius 2 is 1.44 bits per heavy atom. The second-order valence-corrected chi connectivity index (χ2v) is 7.37. The SMILES string of the molecule is C=C(CC)C(=O)N(C(=O)C(=O)c1ccccc1)c1ccccc1C(C)(C)C. The molecule has 27 heavy (non-hydrogen) atoms. The number of hydrogen-bond acceptors (Lipinski definition) is 3. The lowest BCUT2D eigenvalue weighted by molar-refractivity contribution is -0.122. The van der Waals surface area contributed by atoms with E-state index in [0.717, 1.165) is 10.5 Å². The lowest BCUT2D eigenvalue weighted by atomic mass is 9.85. The summed E-state index contributed by atoms with van der Waals surface area (Å²) in [5.41, 5.74) is 1.41. The molecular weight excluding hydrogens is 338 g/mol. The van der Waals surface area contributed by atoms with Gasteiger partial charge < -0.3 is 0 Å². The standard InChI is InChI=1S/C23H25NO3/c1-6-16(2)21(26)24(19-15-11-10-14-18(19)23(3,4)5)22(27)20(25)17-12-8-7-9-13-17/h7-15H,2,6H2,1,3-5H3. The summed E-state index contributed by atoms with van der Waals surface area (Å²) < 4.78 is 0. The van der Waals surface area contributed by atoms with E-state index in [1.807, 2.05) is 32.9 Å². The highest BCUT2D eigenvalue weighted by Gasteiger charge is 2.33. The molecule has 0 unspecified atom stereocenters. The van der Waals surface area contributed by atoms with Crippen LogP contribution >= 0.6 is 0 Å². The zero-order valence-corrected chi connectivity index (χ0v) is 16.3. The van der Waals surface area contributed by atoms with Crippen LogP contribution in [0.2, 0.25) is 0 Å². The first-order valence-corrected chi connectivity index (χ1v) is 8.94. The van der Waals surface area contributed by atoms with Crippen LogP contribution in [-0.2, 0) is 15.0 Å². The van der Waals surface area contributed by atoms with Crippen molar-refractivity contribution >= 4 is 23.3 Å². The molecule has 2 aromatic carbocycles. The van der Waals surface area contributed by atoms with Crippen molar-refractivity contribution in [2.45, 2.75) is 39.5 Å². The minimum atomic E-state index is -0.877. The van der Waals surface area contributed by atoms with Crippen molar-refractivity contribution in [1.29, 1.82) is 0 Å². The lowest BCUT2D eigenvalue weighted by Crippen LogP contribution is -2.43. The number of Topliss-reactive ketones (excluding diaryl/α,β-unsaturated/α-hetero) is 1. The molecule has 2 rings (SSSR count). The highest BCUT2D eigenvalue weighted by Crippen LogP contribution is 2.33. The summed E-state index contributed by atoms with van der Waals surface area (Å²) in [6.07, 6.45) is 0.389. The summed E-state index contributed by atoms with van der Waals surface area (Å²) in [6.45, 7) is 11.5. The summed E-state index contributed by atoms with van der Waals surface area (Å²) in [6, 6.07) is 15.4. The van der Waals surface area contributed by atoms with Crippen LogP contribution in [0.5, 0.6) is 0 Å². The van der Waals surface area contributed by atoms with Gasteiger partial charge in [0.05, 0.1) is 5.69 Å². The van der Waals surface area contributed by atoms with Gasteiger partial charge in [0, 0.05) is 11.1 Å². The van der Waals surface area contributed by atoms with E-state index in [-0.39, 0.29) is 16.6 Å². The number of ketones is 1. The van der Waals surface area contributed by atoms with E-state index in [4.69, 9.17) is 0 Å². The zero-order valence-electron chi connectivity index (χ0n) is 16.3. The molecule has 0 spiro atoms.